The van der Waals surface area contributed by atoms with Gasteiger partial charge in [-0.25, -0.2) is 14.1 Å². The molecule has 8 heteroatoms. The Morgan fingerprint density at radius 1 is 1.27 bits per heavy atom. The lowest BCUT2D eigenvalue weighted by molar-refractivity contribution is 0.101. The summed E-state index contributed by atoms with van der Waals surface area (Å²) in [5, 5.41) is 10.7. The number of benzene rings is 1. The normalized spacial score (nSPS) is 10.6. The standard InChI is InChI=1S/C14H13FN6O/c1-20-12(6-7-17-20)13(22)18-14-16-9-21(19-14)8-10-2-4-11(15)5-3-10/h2-7,9H,8H2,1H3,(H,18,19,22). The second-order valence-electron chi connectivity index (χ2n) is 4.69. The maximum Gasteiger partial charge on any atom is 0.276 e. The predicted molar refractivity (Wildman–Crippen MR) is 76.7 cm³/mol. The summed E-state index contributed by atoms with van der Waals surface area (Å²) in [6.45, 7) is 0.439. The second kappa shape index (κ2) is 5.76. The Labute approximate surface area is 125 Å². The van der Waals surface area contributed by atoms with Gasteiger partial charge in [-0.15, -0.1) is 5.10 Å². The molecule has 1 amide bonds. The van der Waals surface area contributed by atoms with Crippen LogP contribution in [-0.4, -0.2) is 30.5 Å². The van der Waals surface area contributed by atoms with Crippen LogP contribution in [0.15, 0.2) is 42.9 Å². The molecule has 2 heterocycles. The fourth-order valence-electron chi connectivity index (χ4n) is 1.97. The number of anilines is 1. The van der Waals surface area contributed by atoms with Gasteiger partial charge in [0.25, 0.3) is 5.91 Å². The molecular weight excluding hydrogens is 287 g/mol. The summed E-state index contributed by atoms with van der Waals surface area (Å²) < 4.78 is 15.9. The number of rotatable bonds is 4. The summed E-state index contributed by atoms with van der Waals surface area (Å²) in [5.41, 5.74) is 1.30. The summed E-state index contributed by atoms with van der Waals surface area (Å²) in [6.07, 6.45) is 3.04. The fraction of sp³-hybridized carbons (Fsp3) is 0.143. The van der Waals surface area contributed by atoms with Crippen molar-refractivity contribution in [2.45, 2.75) is 6.54 Å². The van der Waals surface area contributed by atoms with Gasteiger partial charge in [0.1, 0.15) is 17.8 Å². The first kappa shape index (κ1) is 13.9. The Bertz CT molecular complexity index is 792. The molecule has 0 saturated carbocycles. The molecule has 0 unspecified atom stereocenters. The first-order chi connectivity index (χ1) is 10.6. The molecule has 7 nitrogen and oxygen atoms in total. The number of aryl methyl sites for hydroxylation is 1. The Morgan fingerprint density at radius 2 is 2.05 bits per heavy atom. The van der Waals surface area contributed by atoms with Crippen LogP contribution in [0.2, 0.25) is 0 Å². The third-order valence-corrected chi connectivity index (χ3v) is 3.07. The Kier molecular flexibility index (Phi) is 3.65. The van der Waals surface area contributed by atoms with E-state index in [0.29, 0.717) is 12.2 Å². The molecule has 22 heavy (non-hydrogen) atoms. The van der Waals surface area contributed by atoms with Gasteiger partial charge >= 0.3 is 0 Å². The number of hydrogen-bond donors (Lipinski definition) is 1. The first-order valence-corrected chi connectivity index (χ1v) is 6.55. The molecule has 112 valence electrons. The van der Waals surface area contributed by atoms with Gasteiger partial charge in [0.2, 0.25) is 5.95 Å². The van der Waals surface area contributed by atoms with E-state index in [2.05, 4.69) is 20.5 Å². The van der Waals surface area contributed by atoms with E-state index in [1.807, 2.05) is 0 Å². The molecule has 0 aliphatic heterocycles. The van der Waals surface area contributed by atoms with Gasteiger partial charge in [-0.3, -0.25) is 14.8 Å². The van der Waals surface area contributed by atoms with Crippen LogP contribution in [0.3, 0.4) is 0 Å². The first-order valence-electron chi connectivity index (χ1n) is 6.55. The molecule has 1 aromatic carbocycles. The highest BCUT2D eigenvalue weighted by Crippen LogP contribution is 2.07. The second-order valence-corrected chi connectivity index (χ2v) is 4.69. The van der Waals surface area contributed by atoms with E-state index >= 15 is 0 Å². The molecule has 0 aliphatic rings. The minimum atomic E-state index is -0.334. The van der Waals surface area contributed by atoms with Gasteiger partial charge in [-0.1, -0.05) is 12.1 Å². The van der Waals surface area contributed by atoms with E-state index in [9.17, 15) is 9.18 Å². The minimum Gasteiger partial charge on any atom is -0.288 e. The van der Waals surface area contributed by atoms with Crippen LogP contribution in [0.1, 0.15) is 16.1 Å². The molecule has 0 saturated heterocycles. The maximum absolute atomic E-state index is 12.9. The van der Waals surface area contributed by atoms with Crippen LogP contribution in [0.5, 0.6) is 0 Å². The number of carbonyl (C=O) groups is 1. The van der Waals surface area contributed by atoms with Crippen LogP contribution in [0.4, 0.5) is 10.3 Å². The van der Waals surface area contributed by atoms with E-state index in [-0.39, 0.29) is 17.7 Å². The van der Waals surface area contributed by atoms with Crippen molar-refractivity contribution in [3.05, 3.63) is 59.9 Å². The number of amides is 1. The molecule has 0 radical (unpaired) electrons. The van der Waals surface area contributed by atoms with Crippen LogP contribution in [0, 0.1) is 5.82 Å². The SMILES string of the molecule is Cn1nccc1C(=O)Nc1ncn(Cc2ccc(F)cc2)n1. The quantitative estimate of drug-likeness (QED) is 0.791. The zero-order valence-electron chi connectivity index (χ0n) is 11.8. The molecule has 0 fully saturated rings. The van der Waals surface area contributed by atoms with E-state index < -0.39 is 0 Å². The molecule has 1 N–H and O–H groups in total. The maximum atomic E-state index is 12.9. The lowest BCUT2D eigenvalue weighted by atomic mass is 10.2. The molecule has 3 aromatic rings. The third-order valence-electron chi connectivity index (χ3n) is 3.07. The molecule has 2 aromatic heterocycles. The van der Waals surface area contributed by atoms with Gasteiger partial charge in [-0.05, 0) is 23.8 Å². The van der Waals surface area contributed by atoms with E-state index in [4.69, 9.17) is 0 Å². The van der Waals surface area contributed by atoms with Crippen molar-refractivity contribution in [2.75, 3.05) is 5.32 Å². The summed E-state index contributed by atoms with van der Waals surface area (Å²) in [5.74, 6) is -0.417. The third kappa shape index (κ3) is 3.00. The zero-order valence-corrected chi connectivity index (χ0v) is 11.8. The smallest absolute Gasteiger partial charge is 0.276 e. The Hall–Kier alpha value is -3.03. The average molecular weight is 300 g/mol. The van der Waals surface area contributed by atoms with Crippen LogP contribution < -0.4 is 5.32 Å². The van der Waals surface area contributed by atoms with Crippen molar-refractivity contribution >= 4 is 11.9 Å². The van der Waals surface area contributed by atoms with Gasteiger partial charge in [0.15, 0.2) is 0 Å². The van der Waals surface area contributed by atoms with Crippen molar-refractivity contribution in [2.24, 2.45) is 7.05 Å². The largest absolute Gasteiger partial charge is 0.288 e. The average Bonchev–Trinajstić information content (AvgIpc) is 3.10. The summed E-state index contributed by atoms with van der Waals surface area (Å²) in [6, 6.07) is 7.72. The monoisotopic (exact) mass is 300 g/mol. The van der Waals surface area contributed by atoms with Crippen LogP contribution >= 0.6 is 0 Å². The van der Waals surface area contributed by atoms with Gasteiger partial charge in [-0.2, -0.15) is 5.10 Å². The number of hydrogen-bond acceptors (Lipinski definition) is 4. The molecule has 0 aliphatic carbocycles. The highest BCUT2D eigenvalue weighted by Gasteiger charge is 2.12. The van der Waals surface area contributed by atoms with E-state index in [0.717, 1.165) is 5.56 Å². The van der Waals surface area contributed by atoms with Crippen LogP contribution in [0.25, 0.3) is 0 Å². The van der Waals surface area contributed by atoms with Crippen molar-refractivity contribution < 1.29 is 9.18 Å². The van der Waals surface area contributed by atoms with Crippen molar-refractivity contribution in [1.29, 1.82) is 0 Å². The molecule has 3 rings (SSSR count). The highest BCUT2D eigenvalue weighted by atomic mass is 19.1. The topological polar surface area (TPSA) is 77.6 Å². The lowest BCUT2D eigenvalue weighted by Gasteiger charge is -2.02. The van der Waals surface area contributed by atoms with Gasteiger partial charge in [0, 0.05) is 13.2 Å². The predicted octanol–water partition coefficient (Wildman–Crippen LogP) is 1.45. The van der Waals surface area contributed by atoms with Crippen molar-refractivity contribution in [1.82, 2.24) is 24.5 Å². The Balaban J connectivity index is 1.67. The number of aromatic nitrogens is 5. The van der Waals surface area contributed by atoms with Crippen LogP contribution in [-0.2, 0) is 13.6 Å². The minimum absolute atomic E-state index is 0.202. The van der Waals surface area contributed by atoms with E-state index in [1.165, 1.54) is 29.3 Å². The van der Waals surface area contributed by atoms with Gasteiger partial charge < -0.3 is 0 Å². The highest BCUT2D eigenvalue weighted by molar-refractivity contribution is 6.01. The summed E-state index contributed by atoms with van der Waals surface area (Å²) >= 11 is 0. The molecule has 0 spiro atoms. The molecule has 0 bridgehead atoms. The fourth-order valence-corrected chi connectivity index (χ4v) is 1.97. The number of nitrogens with one attached hydrogen (secondary N) is 1. The number of nitrogens with zero attached hydrogens (tertiary/aromatic N) is 5. The van der Waals surface area contributed by atoms with E-state index in [1.54, 1.807) is 29.9 Å². The summed E-state index contributed by atoms with van der Waals surface area (Å²) in [4.78, 5) is 16.0. The lowest BCUT2D eigenvalue weighted by Crippen LogP contribution is -2.17. The zero-order chi connectivity index (χ0) is 15.5. The van der Waals surface area contributed by atoms with Gasteiger partial charge in [0.05, 0.1) is 6.54 Å². The summed E-state index contributed by atoms with van der Waals surface area (Å²) in [7, 11) is 1.68. The van der Waals surface area contributed by atoms with Crippen molar-refractivity contribution in [3.63, 3.8) is 0 Å². The molecular formula is C14H13FN6O. The number of carbonyl (C=O) groups excluding carboxylic acids is 1. The van der Waals surface area contributed by atoms with Crippen molar-refractivity contribution in [3.8, 4) is 0 Å². The molecule has 0 atom stereocenters. The Morgan fingerprint density at radius 3 is 2.73 bits per heavy atom. The number of halogens is 1.